The van der Waals surface area contributed by atoms with Crippen LogP contribution in [0.2, 0.25) is 0 Å². The van der Waals surface area contributed by atoms with E-state index in [9.17, 15) is 19.7 Å². The molecule has 0 saturated heterocycles. The third-order valence-electron chi connectivity index (χ3n) is 4.71. The lowest BCUT2D eigenvalue weighted by atomic mass is 9.85. The summed E-state index contributed by atoms with van der Waals surface area (Å²) in [4.78, 5) is 35.9. The Bertz CT molecular complexity index is 1020. The van der Waals surface area contributed by atoms with Crippen LogP contribution < -0.4 is 19.8 Å². The monoisotopic (exact) mass is 358 g/mol. The van der Waals surface area contributed by atoms with E-state index in [4.69, 9.17) is 14.2 Å². The molecule has 1 aromatic carbocycles. The van der Waals surface area contributed by atoms with Gasteiger partial charge in [-0.15, -0.1) is 0 Å². The molecule has 0 radical (unpaired) electrons. The molecule has 2 aliphatic rings. The molecule has 26 heavy (non-hydrogen) atoms. The largest absolute Gasteiger partial charge is 0.454 e. The molecule has 134 valence electrons. The quantitative estimate of drug-likeness (QED) is 0.457. The summed E-state index contributed by atoms with van der Waals surface area (Å²) >= 11 is 0. The van der Waals surface area contributed by atoms with E-state index in [0.717, 1.165) is 0 Å². The van der Waals surface area contributed by atoms with Crippen LogP contribution in [0, 0.1) is 17.0 Å². The number of fused-ring (bicyclic) bond motifs is 2. The number of nitro groups is 1. The van der Waals surface area contributed by atoms with Crippen molar-refractivity contribution in [1.29, 1.82) is 0 Å². The van der Waals surface area contributed by atoms with Gasteiger partial charge in [-0.1, -0.05) is 0 Å². The van der Waals surface area contributed by atoms with Gasteiger partial charge in [0.25, 0.3) is 11.2 Å². The molecule has 1 atom stereocenters. The van der Waals surface area contributed by atoms with Crippen LogP contribution in [0.5, 0.6) is 17.2 Å². The first-order valence-corrected chi connectivity index (χ1v) is 7.86. The Morgan fingerprint density at radius 3 is 2.54 bits per heavy atom. The van der Waals surface area contributed by atoms with Crippen LogP contribution in [-0.4, -0.2) is 22.3 Å². The predicted octanol–water partition coefficient (Wildman–Crippen LogP) is 1.77. The van der Waals surface area contributed by atoms with Crippen molar-refractivity contribution >= 4 is 11.7 Å². The second-order valence-corrected chi connectivity index (χ2v) is 6.18. The molecule has 0 N–H and O–H groups in total. The summed E-state index contributed by atoms with van der Waals surface area (Å²) in [6.45, 7) is 1.67. The zero-order chi connectivity index (χ0) is 18.6. The molecule has 4 rings (SSSR count). The van der Waals surface area contributed by atoms with Gasteiger partial charge in [0, 0.05) is 30.3 Å². The van der Waals surface area contributed by atoms with Gasteiger partial charge in [0.15, 0.2) is 11.5 Å². The van der Waals surface area contributed by atoms with Crippen molar-refractivity contribution in [2.45, 2.75) is 19.3 Å². The average Bonchev–Trinajstić information content (AvgIpc) is 3.05. The van der Waals surface area contributed by atoms with Crippen LogP contribution in [0.1, 0.15) is 29.2 Å². The lowest BCUT2D eigenvalue weighted by Gasteiger charge is -2.25. The molecular weight excluding hydrogens is 344 g/mol. The van der Waals surface area contributed by atoms with Crippen LogP contribution in [0.4, 0.5) is 5.69 Å². The van der Waals surface area contributed by atoms with Crippen molar-refractivity contribution in [3.05, 3.63) is 55.5 Å². The van der Waals surface area contributed by atoms with Gasteiger partial charge in [-0.2, -0.15) is 0 Å². The van der Waals surface area contributed by atoms with Crippen molar-refractivity contribution in [2.24, 2.45) is 7.05 Å². The number of carbonyl (C=O) groups excluding carboxylic acids is 1. The molecule has 0 unspecified atom stereocenters. The minimum Gasteiger partial charge on any atom is -0.454 e. The molecule has 2 aromatic rings. The second kappa shape index (κ2) is 5.58. The molecule has 9 heteroatoms. The lowest BCUT2D eigenvalue weighted by molar-refractivity contribution is -0.385. The number of ether oxygens (including phenoxy) is 3. The number of hydrogen-bond donors (Lipinski definition) is 0. The Morgan fingerprint density at radius 1 is 1.15 bits per heavy atom. The third kappa shape index (κ3) is 2.32. The van der Waals surface area contributed by atoms with Crippen LogP contribution >= 0.6 is 0 Å². The van der Waals surface area contributed by atoms with Crippen molar-refractivity contribution in [3.63, 3.8) is 0 Å². The van der Waals surface area contributed by atoms with Crippen molar-refractivity contribution in [1.82, 2.24) is 4.57 Å². The molecule has 0 aliphatic carbocycles. The number of carbonyl (C=O) groups is 1. The van der Waals surface area contributed by atoms with Crippen LogP contribution in [0.15, 0.2) is 23.0 Å². The Kier molecular flexibility index (Phi) is 3.46. The molecule has 0 spiro atoms. The normalized spacial score (nSPS) is 17.6. The number of benzene rings is 1. The maximum atomic E-state index is 12.8. The Hall–Kier alpha value is -3.36. The summed E-state index contributed by atoms with van der Waals surface area (Å²) in [5, 5.41) is 11.6. The molecule has 0 bridgehead atoms. The Labute approximate surface area is 146 Å². The summed E-state index contributed by atoms with van der Waals surface area (Å²) in [6.07, 6.45) is -0.175. The highest BCUT2D eigenvalue weighted by atomic mass is 16.7. The molecule has 0 saturated carbocycles. The van der Waals surface area contributed by atoms with Crippen LogP contribution in [0.3, 0.4) is 0 Å². The van der Waals surface area contributed by atoms with Crippen molar-refractivity contribution in [2.75, 3.05) is 6.79 Å². The fourth-order valence-corrected chi connectivity index (χ4v) is 3.30. The van der Waals surface area contributed by atoms with E-state index in [2.05, 4.69) is 0 Å². The molecule has 0 amide bonds. The number of pyridine rings is 1. The zero-order valence-corrected chi connectivity index (χ0v) is 14.0. The van der Waals surface area contributed by atoms with Gasteiger partial charge >= 0.3 is 5.97 Å². The molecule has 3 heterocycles. The number of esters is 1. The SMILES string of the molecule is Cc1cc2c(c(=O)n1C)[C@@H](c1cc3c(cc1[N+](=O)[O-])OCO3)CC(=O)O2. The maximum Gasteiger partial charge on any atom is 0.312 e. The van der Waals surface area contributed by atoms with E-state index in [1.807, 2.05) is 0 Å². The van der Waals surface area contributed by atoms with E-state index in [1.165, 1.54) is 16.7 Å². The van der Waals surface area contributed by atoms with Crippen molar-refractivity contribution < 1.29 is 23.9 Å². The van der Waals surface area contributed by atoms with Gasteiger partial charge in [0.2, 0.25) is 6.79 Å². The average molecular weight is 358 g/mol. The zero-order valence-electron chi connectivity index (χ0n) is 14.0. The molecule has 0 fully saturated rings. The summed E-state index contributed by atoms with van der Waals surface area (Å²) in [6, 6.07) is 4.31. The predicted molar refractivity (Wildman–Crippen MR) is 87.7 cm³/mol. The molecule has 1 aromatic heterocycles. The highest BCUT2D eigenvalue weighted by molar-refractivity contribution is 5.78. The highest BCUT2D eigenvalue weighted by Gasteiger charge is 2.37. The fraction of sp³-hybridized carbons (Fsp3) is 0.294. The first-order valence-electron chi connectivity index (χ1n) is 7.86. The van der Waals surface area contributed by atoms with Gasteiger partial charge < -0.3 is 18.8 Å². The summed E-state index contributed by atoms with van der Waals surface area (Å²) in [5.41, 5.74) is 0.465. The molecular formula is C17H14N2O7. The van der Waals surface area contributed by atoms with E-state index in [0.29, 0.717) is 11.4 Å². The molecule has 9 nitrogen and oxygen atoms in total. The number of nitrogens with zero attached hydrogens (tertiary/aromatic N) is 2. The van der Waals surface area contributed by atoms with E-state index in [-0.39, 0.29) is 47.1 Å². The van der Waals surface area contributed by atoms with Crippen LogP contribution in [0.25, 0.3) is 0 Å². The summed E-state index contributed by atoms with van der Waals surface area (Å²) < 4.78 is 17.1. The van der Waals surface area contributed by atoms with Gasteiger partial charge in [-0.3, -0.25) is 19.7 Å². The van der Waals surface area contributed by atoms with Crippen molar-refractivity contribution in [3.8, 4) is 17.2 Å². The minimum absolute atomic E-state index is 0.0415. The van der Waals surface area contributed by atoms with E-state index >= 15 is 0 Å². The summed E-state index contributed by atoms with van der Waals surface area (Å²) in [5.74, 6) is -0.618. The maximum absolute atomic E-state index is 12.8. The van der Waals surface area contributed by atoms with Gasteiger partial charge in [-0.25, -0.2) is 0 Å². The topological polar surface area (TPSA) is 110 Å². The number of rotatable bonds is 2. The first-order chi connectivity index (χ1) is 12.4. The highest BCUT2D eigenvalue weighted by Crippen LogP contribution is 2.45. The fourth-order valence-electron chi connectivity index (χ4n) is 3.30. The number of aromatic nitrogens is 1. The van der Waals surface area contributed by atoms with Gasteiger partial charge in [0.05, 0.1) is 23.0 Å². The Balaban J connectivity index is 1.98. The second-order valence-electron chi connectivity index (χ2n) is 6.18. The number of nitro benzene ring substituents is 1. The smallest absolute Gasteiger partial charge is 0.312 e. The van der Waals surface area contributed by atoms with Crippen LogP contribution in [-0.2, 0) is 11.8 Å². The molecule has 2 aliphatic heterocycles. The number of hydrogen-bond acceptors (Lipinski definition) is 7. The minimum atomic E-state index is -0.805. The van der Waals surface area contributed by atoms with Gasteiger partial charge in [-0.05, 0) is 13.0 Å². The third-order valence-corrected chi connectivity index (χ3v) is 4.71. The standard InChI is InChI=1S/C17H14N2O7/c1-8-3-14-16(17(21)18(8)2)10(5-15(20)26-14)9-4-12-13(25-7-24-12)6-11(9)19(22)23/h3-4,6,10H,5,7H2,1-2H3/t10-/m1/s1. The first kappa shape index (κ1) is 16.1. The summed E-state index contributed by atoms with van der Waals surface area (Å²) in [7, 11) is 1.60. The Morgan fingerprint density at radius 2 is 1.85 bits per heavy atom. The number of aryl methyl sites for hydroxylation is 1. The van der Waals surface area contributed by atoms with Gasteiger partial charge in [0.1, 0.15) is 5.75 Å². The van der Waals surface area contributed by atoms with E-state index < -0.39 is 16.8 Å². The van der Waals surface area contributed by atoms with E-state index in [1.54, 1.807) is 20.0 Å². The lowest BCUT2D eigenvalue weighted by Crippen LogP contribution is -2.32.